The maximum absolute atomic E-state index is 10.9. The largest absolute Gasteiger partial charge is 0.340 e. The number of hydrogen-bond donors (Lipinski definition) is 4. The molecule has 0 amide bonds. The summed E-state index contributed by atoms with van der Waals surface area (Å²) >= 11 is 0. The Hall–Kier alpha value is 0.260. The fourth-order valence-corrected chi connectivity index (χ4v) is 3.89. The quantitative estimate of drug-likeness (QED) is 0.405. The molecule has 0 aromatic carbocycles. The minimum Gasteiger partial charge on any atom is -0.331 e. The third kappa shape index (κ3) is 6.76. The number of quaternary nitrogens is 1. The van der Waals surface area contributed by atoms with Gasteiger partial charge in [-0.25, -0.2) is 0 Å². The topological polar surface area (TPSA) is 115 Å². The average molecular weight is 276 g/mol. The molecule has 16 heavy (non-hydrogen) atoms. The third-order valence-electron chi connectivity index (χ3n) is 2.07. The summed E-state index contributed by atoms with van der Waals surface area (Å²) in [7, 11) is -3.82. The first-order chi connectivity index (χ1) is 6.84. The van der Waals surface area contributed by atoms with E-state index in [1.165, 1.54) is 0 Å². The van der Waals surface area contributed by atoms with Gasteiger partial charge in [0.25, 0.3) is 0 Å². The van der Waals surface area contributed by atoms with Gasteiger partial charge in [0.05, 0.1) is 27.7 Å². The van der Waals surface area contributed by atoms with Gasteiger partial charge >= 0.3 is 15.2 Å². The van der Waals surface area contributed by atoms with Gasteiger partial charge < -0.3 is 24.1 Å². The average Bonchev–Trinajstić information content (AvgIpc) is 1.90. The second kappa shape index (κ2) is 5.27. The van der Waals surface area contributed by atoms with E-state index >= 15 is 0 Å². The summed E-state index contributed by atoms with van der Waals surface area (Å²) < 4.78 is 22.4. The molecule has 0 radical (unpaired) electrons. The molecule has 0 rings (SSSR count). The summed E-state index contributed by atoms with van der Waals surface area (Å²) in [5.41, 5.74) is 0. The van der Waals surface area contributed by atoms with Gasteiger partial charge in [0.2, 0.25) is 0 Å². The van der Waals surface area contributed by atoms with Gasteiger partial charge in [-0.1, -0.05) is 0 Å². The van der Waals surface area contributed by atoms with Crippen LogP contribution in [-0.4, -0.2) is 57.1 Å². The first-order valence-electron chi connectivity index (χ1n) is 4.75. The van der Waals surface area contributed by atoms with Gasteiger partial charge in [0.1, 0.15) is 0 Å². The number of hydrogen-bond acceptors (Lipinski definition) is 2. The zero-order valence-corrected chi connectivity index (χ0v) is 11.4. The van der Waals surface area contributed by atoms with Crippen molar-refractivity contribution in [2.75, 3.05) is 27.7 Å². The van der Waals surface area contributed by atoms with Crippen molar-refractivity contribution in [1.29, 1.82) is 0 Å². The summed E-state index contributed by atoms with van der Waals surface area (Å²) in [5, 5.41) is -1.87. The highest BCUT2D eigenvalue weighted by Crippen LogP contribution is 2.61. The van der Waals surface area contributed by atoms with E-state index < -0.39 is 20.6 Å². The molecule has 0 aliphatic rings. The van der Waals surface area contributed by atoms with E-state index in [0.29, 0.717) is 17.4 Å². The fourth-order valence-electron chi connectivity index (χ4n) is 1.28. The molecule has 0 aliphatic heterocycles. The first kappa shape index (κ1) is 16.3. The van der Waals surface area contributed by atoms with Crippen LogP contribution < -0.4 is 0 Å². The molecule has 0 spiro atoms. The highest BCUT2D eigenvalue weighted by Gasteiger charge is 2.42. The van der Waals surface area contributed by atoms with E-state index in [4.69, 9.17) is 19.6 Å². The molecule has 98 valence electrons. The summed E-state index contributed by atoms with van der Waals surface area (Å²) in [6.07, 6.45) is 0.175. The maximum Gasteiger partial charge on any atom is 0.340 e. The highest BCUT2D eigenvalue weighted by atomic mass is 31.2. The molecule has 0 bridgehead atoms. The number of rotatable bonds is 6. The van der Waals surface area contributed by atoms with Crippen molar-refractivity contribution >= 4 is 15.2 Å². The standard InChI is InChI=1S/C7H19NO6P2/c1-8(2,3)6-4-5-7(15(9,10)11)16(12,13)14/h7H,4-6H2,1-3H3,(H3-,9,10,11,12,13,14)/p+1. The predicted octanol–water partition coefficient (Wildman–Crippen LogP) is 0.154. The molecule has 9 heteroatoms. The van der Waals surface area contributed by atoms with E-state index in [0.717, 1.165) is 0 Å². The Morgan fingerprint density at radius 3 is 1.62 bits per heavy atom. The molecule has 0 fully saturated rings. The Morgan fingerprint density at radius 2 is 1.38 bits per heavy atom. The summed E-state index contributed by atoms with van der Waals surface area (Å²) in [4.78, 5) is 35.4. The monoisotopic (exact) mass is 276 g/mol. The van der Waals surface area contributed by atoms with Crippen LogP contribution in [0.2, 0.25) is 0 Å². The van der Waals surface area contributed by atoms with Crippen LogP contribution in [0.3, 0.4) is 0 Å². The van der Waals surface area contributed by atoms with E-state index in [-0.39, 0.29) is 6.42 Å². The zero-order chi connectivity index (χ0) is 13.2. The molecule has 0 heterocycles. The van der Waals surface area contributed by atoms with E-state index in [9.17, 15) is 9.13 Å². The van der Waals surface area contributed by atoms with Crippen LogP contribution in [-0.2, 0) is 9.13 Å². The lowest BCUT2D eigenvalue weighted by Crippen LogP contribution is -2.35. The highest BCUT2D eigenvalue weighted by molar-refractivity contribution is 7.70. The zero-order valence-electron chi connectivity index (χ0n) is 9.65. The fraction of sp³-hybridized carbons (Fsp3) is 1.00. The summed E-state index contributed by atoms with van der Waals surface area (Å²) in [5.74, 6) is 0. The van der Waals surface area contributed by atoms with Gasteiger partial charge in [-0.05, 0) is 12.8 Å². The van der Waals surface area contributed by atoms with Crippen molar-refractivity contribution in [1.82, 2.24) is 0 Å². The van der Waals surface area contributed by atoms with E-state index in [1.54, 1.807) is 0 Å². The van der Waals surface area contributed by atoms with Crippen LogP contribution in [0.1, 0.15) is 12.8 Å². The second-order valence-corrected chi connectivity index (χ2v) is 8.83. The molecule has 0 saturated carbocycles. The van der Waals surface area contributed by atoms with E-state index in [1.807, 2.05) is 21.1 Å². The molecular formula is C7H20NO6P2+. The molecule has 0 aliphatic carbocycles. The van der Waals surface area contributed by atoms with Crippen LogP contribution in [0.4, 0.5) is 0 Å². The van der Waals surface area contributed by atoms with Crippen LogP contribution in [0, 0.1) is 0 Å². The van der Waals surface area contributed by atoms with Crippen LogP contribution in [0.5, 0.6) is 0 Å². The normalized spacial score (nSPS) is 14.5. The van der Waals surface area contributed by atoms with Gasteiger partial charge in [-0.15, -0.1) is 0 Å². The molecular weight excluding hydrogens is 256 g/mol. The van der Waals surface area contributed by atoms with Crippen molar-refractivity contribution in [3.8, 4) is 0 Å². The minimum atomic E-state index is -4.75. The van der Waals surface area contributed by atoms with Gasteiger partial charge in [0, 0.05) is 0 Å². The lowest BCUT2D eigenvalue weighted by molar-refractivity contribution is -0.870. The van der Waals surface area contributed by atoms with Crippen molar-refractivity contribution < 1.29 is 33.2 Å². The van der Waals surface area contributed by atoms with Gasteiger partial charge in [-0.3, -0.25) is 9.13 Å². The predicted molar refractivity (Wildman–Crippen MR) is 60.0 cm³/mol. The van der Waals surface area contributed by atoms with Crippen molar-refractivity contribution in [2.45, 2.75) is 18.2 Å². The summed E-state index contributed by atoms with van der Waals surface area (Å²) in [6.45, 7) is 0.594. The molecule has 7 nitrogen and oxygen atoms in total. The van der Waals surface area contributed by atoms with Crippen LogP contribution in [0.15, 0.2) is 0 Å². The Kier molecular flexibility index (Phi) is 5.36. The minimum absolute atomic E-state index is 0.177. The van der Waals surface area contributed by atoms with Crippen molar-refractivity contribution in [3.63, 3.8) is 0 Å². The summed E-state index contributed by atoms with van der Waals surface area (Å²) in [6, 6.07) is 0. The lowest BCUT2D eigenvalue weighted by atomic mass is 10.3. The SMILES string of the molecule is C[N+](C)(C)CCCC(P(=O)(O)O)P(=O)(O)O. The first-order valence-corrected chi connectivity index (χ1v) is 8.11. The Labute approximate surface area is 95.0 Å². The molecule has 0 saturated heterocycles. The van der Waals surface area contributed by atoms with Gasteiger partial charge in [0.15, 0.2) is 5.40 Å². The van der Waals surface area contributed by atoms with E-state index in [2.05, 4.69) is 0 Å². The lowest BCUT2D eigenvalue weighted by Gasteiger charge is -2.25. The molecule has 0 unspecified atom stereocenters. The molecule has 0 atom stereocenters. The number of nitrogens with zero attached hydrogens (tertiary/aromatic N) is 1. The molecule has 0 aromatic heterocycles. The second-order valence-electron chi connectivity index (χ2n) is 4.81. The van der Waals surface area contributed by atoms with Crippen LogP contribution in [0.25, 0.3) is 0 Å². The molecule has 4 N–H and O–H groups in total. The Bertz CT molecular complexity index is 291. The maximum atomic E-state index is 10.9. The third-order valence-corrected chi connectivity index (χ3v) is 5.94. The Balaban J connectivity index is 4.50. The molecule has 0 aromatic rings. The van der Waals surface area contributed by atoms with Crippen LogP contribution >= 0.6 is 15.2 Å². The van der Waals surface area contributed by atoms with Gasteiger partial charge in [-0.2, -0.15) is 0 Å². The van der Waals surface area contributed by atoms with Crippen molar-refractivity contribution in [2.24, 2.45) is 0 Å². The smallest absolute Gasteiger partial charge is 0.331 e. The Morgan fingerprint density at radius 1 is 1.00 bits per heavy atom. The van der Waals surface area contributed by atoms with Crippen molar-refractivity contribution in [3.05, 3.63) is 0 Å².